The van der Waals surface area contributed by atoms with Gasteiger partial charge in [-0.15, -0.1) is 0 Å². The number of carbonyl (C=O) groups excluding carboxylic acids is 1. The molecule has 0 aromatic heterocycles. The molecule has 1 unspecified atom stereocenters. The lowest BCUT2D eigenvalue weighted by atomic mass is 10.1. The van der Waals surface area contributed by atoms with Crippen molar-refractivity contribution < 1.29 is 14.3 Å². The summed E-state index contributed by atoms with van der Waals surface area (Å²) >= 11 is 6.10. The summed E-state index contributed by atoms with van der Waals surface area (Å²) in [7, 11) is 3.06. The van der Waals surface area contributed by atoms with Gasteiger partial charge in [0.25, 0.3) is 0 Å². The zero-order valence-electron chi connectivity index (χ0n) is 12.0. The first-order valence-corrected chi connectivity index (χ1v) is 6.82. The summed E-state index contributed by atoms with van der Waals surface area (Å²) in [5, 5.41) is 3.17. The second-order valence-electron chi connectivity index (χ2n) is 4.60. The zero-order valence-corrected chi connectivity index (χ0v) is 12.8. The van der Waals surface area contributed by atoms with E-state index in [-0.39, 0.29) is 11.9 Å². The van der Waals surface area contributed by atoms with E-state index in [0.717, 1.165) is 12.8 Å². The van der Waals surface area contributed by atoms with E-state index in [2.05, 4.69) is 5.32 Å². The van der Waals surface area contributed by atoms with Crippen LogP contribution >= 0.6 is 11.6 Å². The van der Waals surface area contributed by atoms with Crippen LogP contribution < -0.4 is 20.5 Å². The van der Waals surface area contributed by atoms with Crippen molar-refractivity contribution in [2.24, 2.45) is 5.73 Å². The average molecular weight is 301 g/mol. The van der Waals surface area contributed by atoms with Gasteiger partial charge in [0.2, 0.25) is 5.91 Å². The zero-order chi connectivity index (χ0) is 15.1. The number of nitrogens with two attached hydrogens (primary N) is 1. The Morgan fingerprint density at radius 1 is 1.35 bits per heavy atom. The molecule has 1 aromatic rings. The minimum atomic E-state index is -0.0974. The first-order chi connectivity index (χ1) is 9.47. The molecule has 1 amide bonds. The van der Waals surface area contributed by atoms with Gasteiger partial charge in [0.15, 0.2) is 11.5 Å². The van der Waals surface area contributed by atoms with E-state index in [1.807, 2.05) is 6.92 Å². The van der Waals surface area contributed by atoms with Gasteiger partial charge in [-0.3, -0.25) is 4.79 Å². The summed E-state index contributed by atoms with van der Waals surface area (Å²) in [6, 6.07) is 3.36. The van der Waals surface area contributed by atoms with Crippen molar-refractivity contribution in [3.05, 3.63) is 17.2 Å². The second-order valence-corrected chi connectivity index (χ2v) is 5.01. The van der Waals surface area contributed by atoms with Gasteiger partial charge in [0, 0.05) is 24.6 Å². The van der Waals surface area contributed by atoms with Crippen LogP contribution in [0.5, 0.6) is 11.5 Å². The van der Waals surface area contributed by atoms with Gasteiger partial charge >= 0.3 is 0 Å². The third-order valence-electron chi connectivity index (χ3n) is 2.81. The van der Waals surface area contributed by atoms with Crippen molar-refractivity contribution in [1.82, 2.24) is 0 Å². The molecule has 112 valence electrons. The number of hydrogen-bond donors (Lipinski definition) is 2. The molecule has 0 saturated heterocycles. The Hall–Kier alpha value is -1.46. The van der Waals surface area contributed by atoms with Gasteiger partial charge < -0.3 is 20.5 Å². The fourth-order valence-corrected chi connectivity index (χ4v) is 1.95. The van der Waals surface area contributed by atoms with Crippen LogP contribution in [-0.4, -0.2) is 26.2 Å². The van der Waals surface area contributed by atoms with Crippen LogP contribution in [0.2, 0.25) is 5.02 Å². The van der Waals surface area contributed by atoms with E-state index in [1.54, 1.807) is 12.1 Å². The molecular formula is C14H21ClN2O3. The first kappa shape index (κ1) is 16.6. The minimum Gasteiger partial charge on any atom is -0.493 e. The molecule has 0 radical (unpaired) electrons. The summed E-state index contributed by atoms with van der Waals surface area (Å²) in [4.78, 5) is 11.8. The minimum absolute atomic E-state index is 0.0974. The van der Waals surface area contributed by atoms with Crippen molar-refractivity contribution in [1.29, 1.82) is 0 Å². The van der Waals surface area contributed by atoms with E-state index in [9.17, 15) is 4.79 Å². The fraction of sp³-hybridized carbons (Fsp3) is 0.500. The Morgan fingerprint density at radius 2 is 1.95 bits per heavy atom. The number of rotatable bonds is 7. The monoisotopic (exact) mass is 300 g/mol. The van der Waals surface area contributed by atoms with E-state index in [4.69, 9.17) is 26.8 Å². The molecule has 1 atom stereocenters. The van der Waals surface area contributed by atoms with Gasteiger partial charge in [0.1, 0.15) is 0 Å². The molecule has 6 heteroatoms. The van der Waals surface area contributed by atoms with Gasteiger partial charge in [-0.25, -0.2) is 0 Å². The lowest BCUT2D eigenvalue weighted by molar-refractivity contribution is -0.116. The van der Waals surface area contributed by atoms with E-state index in [1.165, 1.54) is 14.2 Å². The Bertz CT molecular complexity index is 464. The van der Waals surface area contributed by atoms with Crippen LogP contribution in [0.4, 0.5) is 5.69 Å². The third kappa shape index (κ3) is 4.90. The molecule has 5 nitrogen and oxygen atoms in total. The van der Waals surface area contributed by atoms with E-state index < -0.39 is 0 Å². The number of amides is 1. The Morgan fingerprint density at radius 3 is 2.50 bits per heavy atom. The van der Waals surface area contributed by atoms with Crippen molar-refractivity contribution in [3.8, 4) is 11.5 Å². The summed E-state index contributed by atoms with van der Waals surface area (Å²) in [5.74, 6) is 0.940. The molecule has 0 saturated carbocycles. The number of benzene rings is 1. The number of hydrogen-bond acceptors (Lipinski definition) is 4. The van der Waals surface area contributed by atoms with Crippen LogP contribution in [0.15, 0.2) is 12.1 Å². The highest BCUT2D eigenvalue weighted by atomic mass is 35.5. The van der Waals surface area contributed by atoms with Crippen molar-refractivity contribution >= 4 is 23.2 Å². The number of nitrogens with one attached hydrogen (secondary N) is 1. The first-order valence-electron chi connectivity index (χ1n) is 6.45. The van der Waals surface area contributed by atoms with Gasteiger partial charge in [0.05, 0.1) is 24.9 Å². The molecule has 20 heavy (non-hydrogen) atoms. The van der Waals surface area contributed by atoms with Gasteiger partial charge in [-0.05, 0) is 19.8 Å². The maximum atomic E-state index is 11.8. The van der Waals surface area contributed by atoms with E-state index >= 15 is 0 Å². The maximum Gasteiger partial charge on any atom is 0.224 e. The van der Waals surface area contributed by atoms with Crippen molar-refractivity contribution in [3.63, 3.8) is 0 Å². The van der Waals surface area contributed by atoms with Crippen LogP contribution in [-0.2, 0) is 4.79 Å². The molecule has 3 N–H and O–H groups in total. The number of anilines is 1. The number of methoxy groups -OCH3 is 2. The Balaban J connectivity index is 2.69. The Kier molecular flexibility index (Phi) is 6.61. The highest BCUT2D eigenvalue weighted by molar-refractivity contribution is 6.34. The maximum absolute atomic E-state index is 11.8. The lowest BCUT2D eigenvalue weighted by Crippen LogP contribution is -2.17. The highest BCUT2D eigenvalue weighted by Crippen LogP contribution is 2.36. The van der Waals surface area contributed by atoms with Crippen LogP contribution in [0.25, 0.3) is 0 Å². The molecule has 0 bridgehead atoms. The molecule has 0 fully saturated rings. The van der Waals surface area contributed by atoms with Crippen LogP contribution in [0.3, 0.4) is 0 Å². The number of halogens is 1. The molecule has 0 aliphatic carbocycles. The highest BCUT2D eigenvalue weighted by Gasteiger charge is 2.12. The molecule has 0 spiro atoms. The largest absolute Gasteiger partial charge is 0.493 e. The van der Waals surface area contributed by atoms with Crippen LogP contribution in [0.1, 0.15) is 26.2 Å². The molecule has 1 rings (SSSR count). The number of carbonyl (C=O) groups is 1. The van der Waals surface area contributed by atoms with Crippen molar-refractivity contribution in [2.75, 3.05) is 19.5 Å². The van der Waals surface area contributed by atoms with Crippen LogP contribution in [0, 0.1) is 0 Å². The topological polar surface area (TPSA) is 73.6 Å². The molecular weight excluding hydrogens is 280 g/mol. The molecule has 0 aliphatic heterocycles. The smallest absolute Gasteiger partial charge is 0.224 e. The number of ether oxygens (including phenoxy) is 2. The predicted molar refractivity (Wildman–Crippen MR) is 80.7 cm³/mol. The summed E-state index contributed by atoms with van der Waals surface area (Å²) in [6.45, 7) is 1.92. The summed E-state index contributed by atoms with van der Waals surface area (Å²) in [5.41, 5.74) is 6.15. The second kappa shape index (κ2) is 7.97. The Labute approximate surface area is 124 Å². The third-order valence-corrected chi connectivity index (χ3v) is 3.12. The summed E-state index contributed by atoms with van der Waals surface area (Å²) < 4.78 is 10.3. The fourth-order valence-electron chi connectivity index (χ4n) is 1.75. The quantitative estimate of drug-likeness (QED) is 0.812. The predicted octanol–water partition coefficient (Wildman–Crippen LogP) is 2.81. The van der Waals surface area contributed by atoms with Crippen molar-refractivity contribution in [2.45, 2.75) is 32.2 Å². The molecule has 1 aromatic carbocycles. The van der Waals surface area contributed by atoms with Gasteiger partial charge in [-0.1, -0.05) is 11.6 Å². The molecule has 0 aliphatic rings. The average Bonchev–Trinajstić information content (AvgIpc) is 2.40. The SMILES string of the molecule is COc1cc(Cl)c(NC(=O)CCCC(C)N)cc1OC. The normalized spacial score (nSPS) is 11.8. The summed E-state index contributed by atoms with van der Waals surface area (Å²) in [6.07, 6.45) is 1.97. The van der Waals surface area contributed by atoms with E-state index in [0.29, 0.717) is 28.6 Å². The van der Waals surface area contributed by atoms with Gasteiger partial charge in [-0.2, -0.15) is 0 Å². The standard InChI is InChI=1S/C14H21ClN2O3/c1-9(16)5-4-6-14(18)17-11-8-13(20-3)12(19-2)7-10(11)15/h7-9H,4-6,16H2,1-3H3,(H,17,18). The molecule has 0 heterocycles. The lowest BCUT2D eigenvalue weighted by Gasteiger charge is -2.12.